The van der Waals surface area contributed by atoms with Gasteiger partial charge >= 0.3 is 0 Å². The van der Waals surface area contributed by atoms with Gasteiger partial charge in [0.25, 0.3) is 0 Å². The molecule has 3 rings (SSSR count). The first kappa shape index (κ1) is 12.3. The van der Waals surface area contributed by atoms with Crippen LogP contribution in [0.1, 0.15) is 11.4 Å². The lowest BCUT2D eigenvalue weighted by atomic mass is 10.2. The van der Waals surface area contributed by atoms with Crippen LogP contribution in [0.4, 0.5) is 0 Å². The van der Waals surface area contributed by atoms with Crippen LogP contribution in [0.2, 0.25) is 10.3 Å². The SMILES string of the molecule is Cc1cnc(C)c(-c2cc3nc(Cl)cc(Cl)n3n2)n1. The Bertz CT molecular complexity index is 781. The lowest BCUT2D eigenvalue weighted by Gasteiger charge is -2.01. The molecule has 5 nitrogen and oxygen atoms in total. The monoisotopic (exact) mass is 293 g/mol. The van der Waals surface area contributed by atoms with Crippen molar-refractivity contribution in [3.05, 3.63) is 40.0 Å². The molecule has 0 aliphatic carbocycles. The number of aromatic nitrogens is 5. The first-order valence-corrected chi connectivity index (χ1v) is 6.32. The van der Waals surface area contributed by atoms with E-state index in [0.717, 1.165) is 17.1 Å². The summed E-state index contributed by atoms with van der Waals surface area (Å²) in [4.78, 5) is 12.9. The molecule has 0 radical (unpaired) electrons. The van der Waals surface area contributed by atoms with Crippen LogP contribution in [0.15, 0.2) is 18.3 Å². The summed E-state index contributed by atoms with van der Waals surface area (Å²) in [7, 11) is 0. The number of fused-ring (bicyclic) bond motifs is 1. The normalized spacial score (nSPS) is 11.2. The van der Waals surface area contributed by atoms with E-state index in [-0.39, 0.29) is 0 Å². The summed E-state index contributed by atoms with van der Waals surface area (Å²) in [5.41, 5.74) is 3.60. The van der Waals surface area contributed by atoms with Crippen molar-refractivity contribution in [3.63, 3.8) is 0 Å². The van der Waals surface area contributed by atoms with Crippen LogP contribution in [-0.2, 0) is 0 Å². The number of rotatable bonds is 1. The Morgan fingerprint density at radius 2 is 1.89 bits per heavy atom. The maximum absolute atomic E-state index is 6.07. The van der Waals surface area contributed by atoms with Crippen LogP contribution < -0.4 is 0 Å². The lowest BCUT2D eigenvalue weighted by molar-refractivity contribution is 0.935. The molecule has 0 N–H and O–H groups in total. The van der Waals surface area contributed by atoms with Crippen LogP contribution in [0.5, 0.6) is 0 Å². The van der Waals surface area contributed by atoms with E-state index in [9.17, 15) is 0 Å². The fourth-order valence-electron chi connectivity index (χ4n) is 1.81. The van der Waals surface area contributed by atoms with Crippen LogP contribution in [-0.4, -0.2) is 24.6 Å². The van der Waals surface area contributed by atoms with E-state index in [0.29, 0.717) is 21.6 Å². The maximum Gasteiger partial charge on any atom is 0.159 e. The number of aryl methyl sites for hydroxylation is 2. The molecule has 0 bridgehead atoms. The molecule has 3 heterocycles. The summed E-state index contributed by atoms with van der Waals surface area (Å²) in [5, 5.41) is 5.12. The molecule has 3 aromatic rings. The van der Waals surface area contributed by atoms with Crippen molar-refractivity contribution in [1.82, 2.24) is 24.6 Å². The third kappa shape index (κ3) is 2.15. The first-order chi connectivity index (χ1) is 9.04. The van der Waals surface area contributed by atoms with Gasteiger partial charge in [-0.25, -0.2) is 14.5 Å². The summed E-state index contributed by atoms with van der Waals surface area (Å²) >= 11 is 11.9. The summed E-state index contributed by atoms with van der Waals surface area (Å²) < 4.78 is 1.52. The predicted octanol–water partition coefficient (Wildman–Crippen LogP) is 3.11. The number of halogens is 2. The molecule has 7 heteroatoms. The molecule has 3 aromatic heterocycles. The highest BCUT2D eigenvalue weighted by Crippen LogP contribution is 2.23. The standard InChI is InChI=1S/C12H9Cl2N5/c1-6-5-15-7(2)12(16-6)8-3-11-17-9(13)4-10(14)19(11)18-8/h3-5H,1-2H3. The average molecular weight is 294 g/mol. The van der Waals surface area contributed by atoms with Gasteiger partial charge in [-0.05, 0) is 13.8 Å². The summed E-state index contributed by atoms with van der Waals surface area (Å²) in [6.45, 7) is 3.77. The zero-order valence-corrected chi connectivity index (χ0v) is 11.7. The minimum Gasteiger partial charge on any atom is -0.257 e. The highest BCUT2D eigenvalue weighted by atomic mass is 35.5. The smallest absolute Gasteiger partial charge is 0.159 e. The molecule has 0 aliphatic heterocycles. The van der Waals surface area contributed by atoms with Crippen molar-refractivity contribution >= 4 is 28.8 Å². The minimum absolute atomic E-state index is 0.330. The summed E-state index contributed by atoms with van der Waals surface area (Å²) in [5.74, 6) is 0. The second-order valence-corrected chi connectivity index (χ2v) is 4.92. The topological polar surface area (TPSA) is 56.0 Å². The summed E-state index contributed by atoms with van der Waals surface area (Å²) in [6, 6.07) is 3.33. The van der Waals surface area contributed by atoms with E-state index in [2.05, 4.69) is 20.1 Å². The van der Waals surface area contributed by atoms with E-state index in [1.165, 1.54) is 4.52 Å². The van der Waals surface area contributed by atoms with Gasteiger partial charge in [0.15, 0.2) is 5.65 Å². The third-order valence-electron chi connectivity index (χ3n) is 2.67. The number of hydrogen-bond acceptors (Lipinski definition) is 4. The van der Waals surface area contributed by atoms with Gasteiger partial charge < -0.3 is 0 Å². The van der Waals surface area contributed by atoms with Gasteiger partial charge in [-0.15, -0.1) is 0 Å². The van der Waals surface area contributed by atoms with Gasteiger partial charge in [-0.1, -0.05) is 23.2 Å². The Balaban J connectivity index is 2.26. The highest BCUT2D eigenvalue weighted by Gasteiger charge is 2.13. The van der Waals surface area contributed by atoms with Crippen molar-refractivity contribution in [3.8, 4) is 11.4 Å². The molecular weight excluding hydrogens is 285 g/mol. The van der Waals surface area contributed by atoms with E-state index in [1.54, 1.807) is 18.3 Å². The molecule has 0 aliphatic rings. The van der Waals surface area contributed by atoms with Crippen LogP contribution in [0.25, 0.3) is 17.0 Å². The number of nitrogens with zero attached hydrogens (tertiary/aromatic N) is 5. The molecule has 0 spiro atoms. The Kier molecular flexibility index (Phi) is 2.88. The zero-order valence-electron chi connectivity index (χ0n) is 10.2. The molecule has 0 saturated carbocycles. The van der Waals surface area contributed by atoms with Crippen molar-refractivity contribution in [2.45, 2.75) is 13.8 Å². The molecular formula is C12H9Cl2N5. The van der Waals surface area contributed by atoms with E-state index >= 15 is 0 Å². The minimum atomic E-state index is 0.330. The molecule has 0 atom stereocenters. The van der Waals surface area contributed by atoms with Gasteiger partial charge in [0.05, 0.1) is 11.4 Å². The van der Waals surface area contributed by atoms with Gasteiger partial charge in [0, 0.05) is 18.3 Å². The van der Waals surface area contributed by atoms with Crippen molar-refractivity contribution < 1.29 is 0 Å². The van der Waals surface area contributed by atoms with Crippen molar-refractivity contribution in [2.75, 3.05) is 0 Å². The highest BCUT2D eigenvalue weighted by molar-refractivity contribution is 6.33. The summed E-state index contributed by atoms with van der Waals surface area (Å²) in [6.07, 6.45) is 1.72. The quantitative estimate of drug-likeness (QED) is 0.647. The van der Waals surface area contributed by atoms with E-state index in [4.69, 9.17) is 23.2 Å². The second kappa shape index (κ2) is 4.43. The van der Waals surface area contributed by atoms with Crippen LogP contribution in [0, 0.1) is 13.8 Å². The van der Waals surface area contributed by atoms with Crippen molar-refractivity contribution in [2.24, 2.45) is 0 Å². The fourth-order valence-corrected chi connectivity index (χ4v) is 2.28. The predicted molar refractivity (Wildman–Crippen MR) is 73.5 cm³/mol. The van der Waals surface area contributed by atoms with E-state index in [1.807, 2.05) is 13.8 Å². The molecule has 96 valence electrons. The molecule has 0 aromatic carbocycles. The molecule has 0 fully saturated rings. The third-order valence-corrected chi connectivity index (χ3v) is 3.13. The Morgan fingerprint density at radius 3 is 2.68 bits per heavy atom. The van der Waals surface area contributed by atoms with Gasteiger partial charge in [0.1, 0.15) is 21.7 Å². The Labute approximate surface area is 119 Å². The largest absolute Gasteiger partial charge is 0.257 e. The van der Waals surface area contributed by atoms with Gasteiger partial charge in [-0.2, -0.15) is 5.10 Å². The molecule has 0 saturated heterocycles. The zero-order chi connectivity index (χ0) is 13.6. The van der Waals surface area contributed by atoms with Crippen LogP contribution >= 0.6 is 23.2 Å². The fraction of sp³-hybridized carbons (Fsp3) is 0.167. The van der Waals surface area contributed by atoms with E-state index < -0.39 is 0 Å². The Morgan fingerprint density at radius 1 is 1.11 bits per heavy atom. The van der Waals surface area contributed by atoms with Gasteiger partial charge in [0.2, 0.25) is 0 Å². The van der Waals surface area contributed by atoms with Crippen molar-refractivity contribution in [1.29, 1.82) is 0 Å². The lowest BCUT2D eigenvalue weighted by Crippen LogP contribution is -1.96. The van der Waals surface area contributed by atoms with Gasteiger partial charge in [-0.3, -0.25) is 4.98 Å². The molecule has 19 heavy (non-hydrogen) atoms. The molecule has 0 unspecified atom stereocenters. The first-order valence-electron chi connectivity index (χ1n) is 5.57. The maximum atomic E-state index is 6.07. The Hall–Kier alpha value is -1.72. The number of hydrogen-bond donors (Lipinski definition) is 0. The molecule has 0 amide bonds. The van der Waals surface area contributed by atoms with Crippen LogP contribution in [0.3, 0.4) is 0 Å². The average Bonchev–Trinajstić information content (AvgIpc) is 2.76. The second-order valence-electron chi connectivity index (χ2n) is 4.15.